The lowest BCUT2D eigenvalue weighted by Gasteiger charge is -2.26. The predicted molar refractivity (Wildman–Crippen MR) is 88.7 cm³/mol. The van der Waals surface area contributed by atoms with Crippen molar-refractivity contribution in [3.63, 3.8) is 0 Å². The molecule has 0 bridgehead atoms. The highest BCUT2D eigenvalue weighted by molar-refractivity contribution is 5.78. The Kier molecular flexibility index (Phi) is 4.34. The fourth-order valence-corrected chi connectivity index (χ4v) is 3.71. The van der Waals surface area contributed by atoms with Crippen molar-refractivity contribution in [2.45, 2.75) is 51.9 Å². The molecular formula is C17H24N6O. The van der Waals surface area contributed by atoms with Gasteiger partial charge in [0.25, 0.3) is 0 Å². The van der Waals surface area contributed by atoms with E-state index in [1.54, 1.807) is 6.20 Å². The first-order valence-corrected chi connectivity index (χ1v) is 8.82. The fraction of sp³-hybridized carbons (Fsp3) is 0.588. The first-order valence-electron chi connectivity index (χ1n) is 8.82. The molecule has 1 amide bonds. The summed E-state index contributed by atoms with van der Waals surface area (Å²) in [5.41, 5.74) is 2.16. The zero-order valence-corrected chi connectivity index (χ0v) is 13.9. The molecule has 1 fully saturated rings. The number of rotatable bonds is 5. The molecule has 0 radical (unpaired) electrons. The maximum atomic E-state index is 12.1. The number of carbonyl (C=O) groups excluding carboxylic acids is 1. The summed E-state index contributed by atoms with van der Waals surface area (Å²) in [5, 5.41) is 7.69. The van der Waals surface area contributed by atoms with E-state index in [9.17, 15) is 4.79 Å². The summed E-state index contributed by atoms with van der Waals surface area (Å²) in [7, 11) is 0. The van der Waals surface area contributed by atoms with Crippen LogP contribution in [0.4, 0.5) is 0 Å². The minimum absolute atomic E-state index is 0.193. The smallest absolute Gasteiger partial charge is 0.223 e. The molecule has 2 aliphatic rings. The van der Waals surface area contributed by atoms with Gasteiger partial charge in [-0.2, -0.15) is 5.10 Å². The van der Waals surface area contributed by atoms with Crippen molar-refractivity contribution in [2.24, 2.45) is 5.92 Å². The Labute approximate surface area is 141 Å². The van der Waals surface area contributed by atoms with E-state index in [2.05, 4.69) is 36.0 Å². The zero-order chi connectivity index (χ0) is 16.4. The van der Waals surface area contributed by atoms with Crippen LogP contribution in [-0.2, 0) is 31.0 Å². The van der Waals surface area contributed by atoms with Crippen molar-refractivity contribution >= 4 is 5.91 Å². The Balaban J connectivity index is 1.33. The third-order valence-electron chi connectivity index (χ3n) is 5.03. The van der Waals surface area contributed by atoms with Gasteiger partial charge >= 0.3 is 0 Å². The molecule has 2 aromatic heterocycles. The van der Waals surface area contributed by atoms with E-state index in [1.165, 1.54) is 18.5 Å². The second kappa shape index (κ2) is 6.76. The van der Waals surface area contributed by atoms with Gasteiger partial charge in [0.2, 0.25) is 5.91 Å². The number of H-pyrrole nitrogens is 1. The molecule has 0 saturated heterocycles. The van der Waals surface area contributed by atoms with Gasteiger partial charge in [-0.05, 0) is 18.9 Å². The molecule has 0 atom stereocenters. The molecule has 3 heterocycles. The number of nitrogens with zero attached hydrogens (tertiary/aromatic N) is 4. The number of aromatic nitrogens is 4. The second-order valence-corrected chi connectivity index (χ2v) is 6.80. The average molecular weight is 328 g/mol. The molecule has 1 saturated carbocycles. The van der Waals surface area contributed by atoms with Crippen LogP contribution in [0.2, 0.25) is 0 Å². The van der Waals surface area contributed by atoms with E-state index < -0.39 is 0 Å². The lowest BCUT2D eigenvalue weighted by atomic mass is 10.1. The van der Waals surface area contributed by atoms with E-state index in [-0.39, 0.29) is 11.8 Å². The van der Waals surface area contributed by atoms with E-state index in [0.29, 0.717) is 6.54 Å². The first-order chi connectivity index (χ1) is 11.8. The van der Waals surface area contributed by atoms with Gasteiger partial charge in [-0.1, -0.05) is 12.8 Å². The number of hydrogen-bond donors (Lipinski definition) is 2. The van der Waals surface area contributed by atoms with Crippen molar-refractivity contribution in [3.05, 3.63) is 35.7 Å². The van der Waals surface area contributed by atoms with Gasteiger partial charge in [-0.15, -0.1) is 0 Å². The van der Waals surface area contributed by atoms with Gasteiger partial charge in [0.15, 0.2) is 0 Å². The maximum Gasteiger partial charge on any atom is 0.223 e. The number of hydrogen-bond acceptors (Lipinski definition) is 4. The topological polar surface area (TPSA) is 78.8 Å². The lowest BCUT2D eigenvalue weighted by Crippen LogP contribution is -2.33. The van der Waals surface area contributed by atoms with Crippen molar-refractivity contribution in [2.75, 3.05) is 6.54 Å². The monoisotopic (exact) mass is 328 g/mol. The highest BCUT2D eigenvalue weighted by atomic mass is 16.1. The summed E-state index contributed by atoms with van der Waals surface area (Å²) in [6.07, 6.45) is 8.08. The number of amides is 1. The summed E-state index contributed by atoms with van der Waals surface area (Å²) < 4.78 is 2.07. The van der Waals surface area contributed by atoms with Crippen molar-refractivity contribution in [1.29, 1.82) is 0 Å². The number of aromatic amines is 1. The largest absolute Gasteiger partial charge is 0.350 e. The van der Waals surface area contributed by atoms with E-state index >= 15 is 0 Å². The molecule has 2 aromatic rings. The van der Waals surface area contributed by atoms with Gasteiger partial charge < -0.3 is 10.3 Å². The summed E-state index contributed by atoms with van der Waals surface area (Å²) in [5.74, 6) is 1.40. The number of nitrogens with one attached hydrogen (secondary N) is 2. The van der Waals surface area contributed by atoms with Crippen molar-refractivity contribution in [1.82, 2.24) is 30.0 Å². The van der Waals surface area contributed by atoms with Crippen LogP contribution in [0.15, 0.2) is 18.5 Å². The minimum atomic E-state index is 0.193. The molecule has 0 spiro atoms. The van der Waals surface area contributed by atoms with E-state index in [4.69, 9.17) is 0 Å². The molecule has 7 nitrogen and oxygen atoms in total. The Morgan fingerprint density at radius 2 is 2.21 bits per heavy atom. The summed E-state index contributed by atoms with van der Waals surface area (Å²) in [6, 6.07) is 2.11. The van der Waals surface area contributed by atoms with Gasteiger partial charge in [-0.25, -0.2) is 4.98 Å². The first kappa shape index (κ1) is 15.4. The Hall–Kier alpha value is -2.15. The van der Waals surface area contributed by atoms with Crippen LogP contribution in [0.1, 0.15) is 42.9 Å². The van der Waals surface area contributed by atoms with Crippen LogP contribution in [0.3, 0.4) is 0 Å². The third-order valence-corrected chi connectivity index (χ3v) is 5.03. The van der Waals surface area contributed by atoms with E-state index in [0.717, 1.165) is 50.5 Å². The van der Waals surface area contributed by atoms with E-state index in [1.807, 2.05) is 6.20 Å². The van der Waals surface area contributed by atoms with Crippen LogP contribution < -0.4 is 5.32 Å². The normalized spacial score (nSPS) is 18.7. The molecule has 1 aliphatic heterocycles. The highest BCUT2D eigenvalue weighted by Crippen LogP contribution is 2.24. The molecule has 2 N–H and O–H groups in total. The Bertz CT molecular complexity index is 686. The molecular weight excluding hydrogens is 304 g/mol. The SMILES string of the molecule is O=C(NCc1cc2n(n1)CCN(Cc1ncc[nH]1)C2)C1CCCC1. The third kappa shape index (κ3) is 3.36. The molecule has 7 heteroatoms. The van der Waals surface area contributed by atoms with Crippen molar-refractivity contribution < 1.29 is 4.79 Å². The van der Waals surface area contributed by atoms with Crippen LogP contribution in [0.5, 0.6) is 0 Å². The summed E-state index contributed by atoms with van der Waals surface area (Å²) in [6.45, 7) is 4.07. The predicted octanol–water partition coefficient (Wildman–Crippen LogP) is 1.43. The number of fused-ring (bicyclic) bond motifs is 1. The fourth-order valence-electron chi connectivity index (χ4n) is 3.71. The molecule has 128 valence electrons. The maximum absolute atomic E-state index is 12.1. The average Bonchev–Trinajstić information content (AvgIpc) is 3.33. The summed E-state index contributed by atoms with van der Waals surface area (Å²) >= 11 is 0. The summed E-state index contributed by atoms with van der Waals surface area (Å²) in [4.78, 5) is 21.9. The minimum Gasteiger partial charge on any atom is -0.350 e. The molecule has 0 unspecified atom stereocenters. The number of carbonyl (C=O) groups is 1. The lowest BCUT2D eigenvalue weighted by molar-refractivity contribution is -0.124. The van der Waals surface area contributed by atoms with Crippen LogP contribution in [-0.4, -0.2) is 37.1 Å². The van der Waals surface area contributed by atoms with Gasteiger partial charge in [0, 0.05) is 31.4 Å². The van der Waals surface area contributed by atoms with Crippen LogP contribution >= 0.6 is 0 Å². The molecule has 24 heavy (non-hydrogen) atoms. The van der Waals surface area contributed by atoms with Crippen LogP contribution in [0.25, 0.3) is 0 Å². The standard InChI is InChI=1S/C17H24N6O/c24-17(13-3-1-2-4-13)20-10-14-9-15-11-22(7-8-23(15)21-14)12-16-18-5-6-19-16/h5-6,9,13H,1-4,7-8,10-12H2,(H,18,19)(H,20,24). The number of imidazole rings is 1. The Morgan fingerprint density at radius 3 is 3.00 bits per heavy atom. The Morgan fingerprint density at radius 1 is 1.33 bits per heavy atom. The molecule has 0 aromatic carbocycles. The second-order valence-electron chi connectivity index (χ2n) is 6.80. The highest BCUT2D eigenvalue weighted by Gasteiger charge is 2.23. The zero-order valence-electron chi connectivity index (χ0n) is 13.9. The van der Waals surface area contributed by atoms with Gasteiger partial charge in [0.05, 0.1) is 31.0 Å². The van der Waals surface area contributed by atoms with Crippen molar-refractivity contribution in [3.8, 4) is 0 Å². The quantitative estimate of drug-likeness (QED) is 0.870. The molecule has 4 rings (SSSR count). The van der Waals surface area contributed by atoms with Gasteiger partial charge in [0.1, 0.15) is 5.82 Å². The molecule has 1 aliphatic carbocycles. The van der Waals surface area contributed by atoms with Crippen LogP contribution in [0, 0.1) is 5.92 Å². The van der Waals surface area contributed by atoms with Gasteiger partial charge in [-0.3, -0.25) is 14.4 Å².